The van der Waals surface area contributed by atoms with Crippen molar-refractivity contribution in [2.75, 3.05) is 5.73 Å². The van der Waals surface area contributed by atoms with Crippen LogP contribution in [0.4, 0.5) is 14.5 Å². The number of rotatable bonds is 1. The van der Waals surface area contributed by atoms with Gasteiger partial charge in [-0.3, -0.25) is 5.10 Å². The topological polar surface area (TPSA) is 67.6 Å². The average Bonchev–Trinajstić information content (AvgIpc) is 2.56. The number of halogens is 2. The van der Waals surface area contributed by atoms with E-state index in [0.29, 0.717) is 0 Å². The molecule has 2 rings (SSSR count). The lowest BCUT2D eigenvalue weighted by Crippen LogP contribution is -1.95. The van der Waals surface area contributed by atoms with Gasteiger partial charge in [0.25, 0.3) is 0 Å². The van der Waals surface area contributed by atoms with E-state index in [1.807, 2.05) is 0 Å². The van der Waals surface area contributed by atoms with Gasteiger partial charge in [-0.25, -0.2) is 9.37 Å². The van der Waals surface area contributed by atoms with Crippen molar-refractivity contribution in [3.63, 3.8) is 0 Å². The average molecular weight is 196 g/mol. The van der Waals surface area contributed by atoms with Crippen LogP contribution in [0.1, 0.15) is 0 Å². The van der Waals surface area contributed by atoms with Gasteiger partial charge in [-0.05, 0) is 12.1 Å². The minimum atomic E-state index is -0.768. The lowest BCUT2D eigenvalue weighted by Gasteiger charge is -1.99. The summed E-state index contributed by atoms with van der Waals surface area (Å²) in [5, 5.41) is 6.04. The maximum Gasteiger partial charge on any atom is 0.213 e. The number of aromatic amines is 1. The molecule has 4 nitrogen and oxygen atoms in total. The molecule has 72 valence electrons. The van der Waals surface area contributed by atoms with Crippen LogP contribution in [0.2, 0.25) is 0 Å². The molecule has 0 saturated heterocycles. The summed E-state index contributed by atoms with van der Waals surface area (Å²) in [4.78, 5) is 3.38. The highest BCUT2D eigenvalue weighted by Gasteiger charge is 2.12. The molecular formula is C8H6F2N4. The molecule has 0 aliphatic heterocycles. The number of hydrogen-bond acceptors (Lipinski definition) is 3. The van der Waals surface area contributed by atoms with Crippen molar-refractivity contribution >= 4 is 5.69 Å². The van der Waals surface area contributed by atoms with Crippen molar-refractivity contribution in [3.05, 3.63) is 30.1 Å². The first-order valence-electron chi connectivity index (χ1n) is 3.80. The number of nitrogens with zero attached hydrogens (tertiary/aromatic N) is 2. The molecule has 0 aliphatic carbocycles. The third-order valence-corrected chi connectivity index (χ3v) is 1.72. The van der Waals surface area contributed by atoms with Gasteiger partial charge < -0.3 is 5.73 Å². The van der Waals surface area contributed by atoms with Crippen molar-refractivity contribution in [1.29, 1.82) is 0 Å². The highest BCUT2D eigenvalue weighted by molar-refractivity contribution is 5.68. The zero-order chi connectivity index (χ0) is 10.1. The Bertz CT molecular complexity index is 466. The first-order valence-corrected chi connectivity index (χ1v) is 3.80. The van der Waals surface area contributed by atoms with Gasteiger partial charge in [-0.1, -0.05) is 0 Å². The van der Waals surface area contributed by atoms with Crippen LogP contribution in [0.15, 0.2) is 18.3 Å². The Morgan fingerprint density at radius 1 is 1.29 bits per heavy atom. The molecule has 14 heavy (non-hydrogen) atoms. The van der Waals surface area contributed by atoms with E-state index >= 15 is 0 Å². The standard InChI is InChI=1S/C8H6F2N4/c9-4-1-2-6(10)13-7(4)8-5(11)3-12-14-8/h1-3H,11H2,(H,12,14). The lowest BCUT2D eigenvalue weighted by molar-refractivity contribution is 0.563. The third-order valence-electron chi connectivity index (χ3n) is 1.72. The predicted molar refractivity (Wildman–Crippen MR) is 46.1 cm³/mol. The molecule has 0 radical (unpaired) electrons. The maximum absolute atomic E-state index is 13.2. The Morgan fingerprint density at radius 3 is 2.71 bits per heavy atom. The number of nitrogen functional groups attached to an aromatic ring is 1. The van der Waals surface area contributed by atoms with E-state index in [4.69, 9.17) is 5.73 Å². The maximum atomic E-state index is 13.2. The molecule has 0 fully saturated rings. The molecule has 0 bridgehead atoms. The van der Waals surface area contributed by atoms with E-state index in [9.17, 15) is 8.78 Å². The summed E-state index contributed by atoms with van der Waals surface area (Å²) < 4.78 is 25.9. The molecule has 2 aromatic rings. The molecule has 0 saturated carbocycles. The fraction of sp³-hybridized carbons (Fsp3) is 0. The highest BCUT2D eigenvalue weighted by atomic mass is 19.1. The molecule has 3 N–H and O–H groups in total. The van der Waals surface area contributed by atoms with Crippen LogP contribution in [0, 0.1) is 11.8 Å². The molecule has 6 heteroatoms. The van der Waals surface area contributed by atoms with Crippen LogP contribution in [-0.2, 0) is 0 Å². The Morgan fingerprint density at radius 2 is 2.07 bits per heavy atom. The molecule has 2 aromatic heterocycles. The SMILES string of the molecule is Nc1cn[nH]c1-c1nc(F)ccc1F. The summed E-state index contributed by atoms with van der Waals surface area (Å²) in [5.74, 6) is -1.42. The minimum absolute atomic E-state index is 0.167. The number of hydrogen-bond donors (Lipinski definition) is 2. The summed E-state index contributed by atoms with van der Waals surface area (Å²) in [6, 6.07) is 1.92. The molecule has 0 aromatic carbocycles. The van der Waals surface area contributed by atoms with E-state index < -0.39 is 11.8 Å². The van der Waals surface area contributed by atoms with E-state index in [0.717, 1.165) is 12.1 Å². The van der Waals surface area contributed by atoms with Crippen LogP contribution >= 0.6 is 0 Å². The van der Waals surface area contributed by atoms with E-state index in [2.05, 4.69) is 15.2 Å². The molecule has 0 unspecified atom stereocenters. The number of nitrogens with one attached hydrogen (secondary N) is 1. The van der Waals surface area contributed by atoms with Gasteiger partial charge in [0.2, 0.25) is 5.95 Å². The van der Waals surface area contributed by atoms with Crippen molar-refractivity contribution < 1.29 is 8.78 Å². The summed E-state index contributed by atoms with van der Waals surface area (Å²) in [7, 11) is 0. The minimum Gasteiger partial charge on any atom is -0.396 e. The number of nitrogens with two attached hydrogens (primary N) is 1. The van der Waals surface area contributed by atoms with Crippen molar-refractivity contribution in [1.82, 2.24) is 15.2 Å². The second-order valence-corrected chi connectivity index (χ2v) is 2.66. The van der Waals surface area contributed by atoms with Crippen molar-refractivity contribution in [2.24, 2.45) is 0 Å². The fourth-order valence-electron chi connectivity index (χ4n) is 1.08. The summed E-state index contributed by atoms with van der Waals surface area (Å²) in [6.45, 7) is 0. The Hall–Kier alpha value is -1.98. The van der Waals surface area contributed by atoms with E-state index in [1.54, 1.807) is 0 Å². The zero-order valence-corrected chi connectivity index (χ0v) is 6.96. The van der Waals surface area contributed by atoms with E-state index in [-0.39, 0.29) is 17.1 Å². The van der Waals surface area contributed by atoms with Gasteiger partial charge in [0.1, 0.15) is 11.4 Å². The molecule has 0 spiro atoms. The Labute approximate surface area is 77.8 Å². The van der Waals surface area contributed by atoms with Crippen molar-refractivity contribution in [3.8, 4) is 11.4 Å². The van der Waals surface area contributed by atoms with Gasteiger partial charge in [-0.2, -0.15) is 9.49 Å². The predicted octanol–water partition coefficient (Wildman–Crippen LogP) is 1.33. The zero-order valence-electron chi connectivity index (χ0n) is 6.96. The quantitative estimate of drug-likeness (QED) is 0.676. The monoisotopic (exact) mass is 196 g/mol. The summed E-state index contributed by atoms with van der Waals surface area (Å²) >= 11 is 0. The van der Waals surface area contributed by atoms with Gasteiger partial charge in [-0.15, -0.1) is 0 Å². The third kappa shape index (κ3) is 1.30. The fourth-order valence-corrected chi connectivity index (χ4v) is 1.08. The largest absolute Gasteiger partial charge is 0.396 e. The van der Waals surface area contributed by atoms with E-state index in [1.165, 1.54) is 6.20 Å². The number of H-pyrrole nitrogens is 1. The van der Waals surface area contributed by atoms with Crippen LogP contribution in [0.5, 0.6) is 0 Å². The van der Waals surface area contributed by atoms with Gasteiger partial charge in [0, 0.05) is 0 Å². The second kappa shape index (κ2) is 3.06. The van der Waals surface area contributed by atoms with Crippen molar-refractivity contribution in [2.45, 2.75) is 0 Å². The molecule has 0 amide bonds. The normalized spacial score (nSPS) is 10.4. The number of aromatic nitrogens is 3. The molecular weight excluding hydrogens is 190 g/mol. The Balaban J connectivity index is 2.62. The second-order valence-electron chi connectivity index (χ2n) is 2.66. The van der Waals surface area contributed by atoms with Gasteiger partial charge in [0.05, 0.1) is 11.9 Å². The summed E-state index contributed by atoms with van der Waals surface area (Å²) in [6.07, 6.45) is 1.31. The molecule has 0 aliphatic rings. The van der Waals surface area contributed by atoms with Gasteiger partial charge >= 0.3 is 0 Å². The smallest absolute Gasteiger partial charge is 0.213 e. The van der Waals surface area contributed by atoms with Crippen LogP contribution in [0.25, 0.3) is 11.4 Å². The number of anilines is 1. The molecule has 2 heterocycles. The van der Waals surface area contributed by atoms with Crippen LogP contribution in [-0.4, -0.2) is 15.2 Å². The summed E-state index contributed by atoms with van der Waals surface area (Å²) in [5.41, 5.74) is 5.71. The molecule has 0 atom stereocenters. The highest BCUT2D eigenvalue weighted by Crippen LogP contribution is 2.23. The van der Waals surface area contributed by atoms with Crippen LogP contribution in [0.3, 0.4) is 0 Å². The number of pyridine rings is 1. The first-order chi connectivity index (χ1) is 6.68. The van der Waals surface area contributed by atoms with Crippen LogP contribution < -0.4 is 5.73 Å². The van der Waals surface area contributed by atoms with Gasteiger partial charge in [0.15, 0.2) is 5.82 Å². The lowest BCUT2D eigenvalue weighted by atomic mass is 10.2. The first kappa shape index (κ1) is 8.61. The Kier molecular flexibility index (Phi) is 1.88.